The SMILES string of the molecule is CC(=O)N[C@H](Cc1ccc(C#N)cc1)C(=O)O. The summed E-state index contributed by atoms with van der Waals surface area (Å²) in [6.07, 6.45) is 0.195. The van der Waals surface area contributed by atoms with Crippen LogP contribution in [0.1, 0.15) is 18.1 Å². The molecule has 0 unspecified atom stereocenters. The van der Waals surface area contributed by atoms with Crippen molar-refractivity contribution in [3.63, 3.8) is 0 Å². The molecule has 0 aliphatic heterocycles. The Balaban J connectivity index is 2.75. The van der Waals surface area contributed by atoms with Crippen LogP contribution in [-0.2, 0) is 16.0 Å². The fourth-order valence-electron chi connectivity index (χ4n) is 1.40. The van der Waals surface area contributed by atoms with Crippen LogP contribution in [-0.4, -0.2) is 23.0 Å². The van der Waals surface area contributed by atoms with Gasteiger partial charge in [-0.2, -0.15) is 5.26 Å². The van der Waals surface area contributed by atoms with Crippen LogP contribution in [0.3, 0.4) is 0 Å². The van der Waals surface area contributed by atoms with Gasteiger partial charge in [-0.15, -0.1) is 0 Å². The molecule has 5 heteroatoms. The Morgan fingerprint density at radius 3 is 2.41 bits per heavy atom. The lowest BCUT2D eigenvalue weighted by Crippen LogP contribution is -2.41. The van der Waals surface area contributed by atoms with E-state index in [1.165, 1.54) is 6.92 Å². The number of benzene rings is 1. The van der Waals surface area contributed by atoms with Gasteiger partial charge in [-0.3, -0.25) is 4.79 Å². The van der Waals surface area contributed by atoms with Gasteiger partial charge >= 0.3 is 5.97 Å². The monoisotopic (exact) mass is 232 g/mol. The van der Waals surface area contributed by atoms with E-state index in [-0.39, 0.29) is 12.3 Å². The van der Waals surface area contributed by atoms with Crippen molar-refractivity contribution in [2.75, 3.05) is 0 Å². The summed E-state index contributed by atoms with van der Waals surface area (Å²) in [7, 11) is 0. The third kappa shape index (κ3) is 3.95. The lowest BCUT2D eigenvalue weighted by atomic mass is 10.0. The molecule has 2 N–H and O–H groups in total. The van der Waals surface area contributed by atoms with Gasteiger partial charge in [0.15, 0.2) is 0 Å². The number of hydrogen-bond acceptors (Lipinski definition) is 3. The number of nitriles is 1. The third-order valence-corrected chi connectivity index (χ3v) is 2.20. The van der Waals surface area contributed by atoms with E-state index in [1.54, 1.807) is 24.3 Å². The highest BCUT2D eigenvalue weighted by atomic mass is 16.4. The van der Waals surface area contributed by atoms with Gasteiger partial charge in [0.25, 0.3) is 0 Å². The molecule has 0 bridgehead atoms. The Bertz CT molecular complexity index is 460. The van der Waals surface area contributed by atoms with Crippen molar-refractivity contribution in [2.45, 2.75) is 19.4 Å². The molecule has 0 radical (unpaired) electrons. The molecule has 0 saturated heterocycles. The smallest absolute Gasteiger partial charge is 0.326 e. The van der Waals surface area contributed by atoms with Gasteiger partial charge in [0.1, 0.15) is 6.04 Å². The van der Waals surface area contributed by atoms with E-state index in [0.717, 1.165) is 5.56 Å². The minimum absolute atomic E-state index is 0.195. The average molecular weight is 232 g/mol. The van der Waals surface area contributed by atoms with Gasteiger partial charge in [-0.1, -0.05) is 12.1 Å². The summed E-state index contributed by atoms with van der Waals surface area (Å²) in [5.41, 5.74) is 1.27. The topological polar surface area (TPSA) is 90.2 Å². The molecule has 0 heterocycles. The Morgan fingerprint density at radius 1 is 1.41 bits per heavy atom. The largest absolute Gasteiger partial charge is 0.480 e. The molecule has 5 nitrogen and oxygen atoms in total. The average Bonchev–Trinajstić information content (AvgIpc) is 2.28. The first-order chi connectivity index (χ1) is 8.02. The zero-order valence-electron chi connectivity index (χ0n) is 9.30. The molecular formula is C12H12N2O3. The van der Waals surface area contributed by atoms with E-state index in [9.17, 15) is 9.59 Å². The zero-order valence-corrected chi connectivity index (χ0v) is 9.30. The van der Waals surface area contributed by atoms with Crippen LogP contribution in [0, 0.1) is 11.3 Å². The highest BCUT2D eigenvalue weighted by Crippen LogP contribution is 2.06. The Labute approximate surface area is 98.7 Å². The molecule has 0 aliphatic carbocycles. The van der Waals surface area contributed by atoms with Gasteiger partial charge in [-0.25, -0.2) is 4.79 Å². The normalized spacial score (nSPS) is 11.3. The zero-order chi connectivity index (χ0) is 12.8. The lowest BCUT2D eigenvalue weighted by molar-refractivity contribution is -0.141. The number of carboxylic acid groups (broad SMARTS) is 1. The number of aliphatic carboxylic acids is 1. The Morgan fingerprint density at radius 2 is 2.00 bits per heavy atom. The molecule has 88 valence electrons. The molecule has 17 heavy (non-hydrogen) atoms. The third-order valence-electron chi connectivity index (χ3n) is 2.20. The van der Waals surface area contributed by atoms with Gasteiger partial charge < -0.3 is 10.4 Å². The number of amides is 1. The molecule has 0 aliphatic rings. The number of hydrogen-bond donors (Lipinski definition) is 2. The maximum atomic E-state index is 10.9. The number of carbonyl (C=O) groups excluding carboxylic acids is 1. The van der Waals surface area contributed by atoms with E-state index in [0.29, 0.717) is 5.56 Å². The van der Waals surface area contributed by atoms with Crippen LogP contribution in [0.5, 0.6) is 0 Å². The van der Waals surface area contributed by atoms with E-state index in [1.807, 2.05) is 6.07 Å². The number of rotatable bonds is 4. The maximum absolute atomic E-state index is 10.9. The van der Waals surface area contributed by atoms with Crippen molar-refractivity contribution in [3.8, 4) is 6.07 Å². The van der Waals surface area contributed by atoms with Crippen molar-refractivity contribution in [2.24, 2.45) is 0 Å². The molecule has 1 atom stereocenters. The second kappa shape index (κ2) is 5.66. The van der Waals surface area contributed by atoms with E-state index < -0.39 is 12.0 Å². The van der Waals surface area contributed by atoms with E-state index >= 15 is 0 Å². The van der Waals surface area contributed by atoms with E-state index in [4.69, 9.17) is 10.4 Å². The first-order valence-electron chi connectivity index (χ1n) is 5.02. The molecular weight excluding hydrogens is 220 g/mol. The molecule has 1 aromatic carbocycles. The minimum atomic E-state index is -1.08. The summed E-state index contributed by atoms with van der Waals surface area (Å²) in [5, 5.41) is 19.9. The van der Waals surface area contributed by atoms with Crippen LogP contribution < -0.4 is 5.32 Å². The fourth-order valence-corrected chi connectivity index (χ4v) is 1.40. The predicted octanol–water partition coefficient (Wildman–Crippen LogP) is 0.690. The Kier molecular flexibility index (Phi) is 4.23. The lowest BCUT2D eigenvalue weighted by Gasteiger charge is -2.13. The van der Waals surface area contributed by atoms with E-state index in [2.05, 4.69) is 5.32 Å². The number of nitrogens with zero attached hydrogens (tertiary/aromatic N) is 1. The molecule has 0 aromatic heterocycles. The standard InChI is InChI=1S/C12H12N2O3/c1-8(15)14-11(12(16)17)6-9-2-4-10(7-13)5-3-9/h2-5,11H,6H2,1H3,(H,14,15)(H,16,17)/t11-/m1/s1. The van der Waals surface area contributed by atoms with Crippen LogP contribution in [0.15, 0.2) is 24.3 Å². The molecule has 1 rings (SSSR count). The van der Waals surface area contributed by atoms with Crippen molar-refractivity contribution < 1.29 is 14.7 Å². The molecule has 0 saturated carbocycles. The second-order valence-electron chi connectivity index (χ2n) is 3.60. The van der Waals surface area contributed by atoms with Crippen molar-refractivity contribution >= 4 is 11.9 Å². The van der Waals surface area contributed by atoms with Gasteiger partial charge in [-0.05, 0) is 17.7 Å². The van der Waals surface area contributed by atoms with Gasteiger partial charge in [0.2, 0.25) is 5.91 Å². The van der Waals surface area contributed by atoms with Crippen LogP contribution in [0.4, 0.5) is 0 Å². The summed E-state index contributed by atoms with van der Waals surface area (Å²) in [6, 6.07) is 7.61. The minimum Gasteiger partial charge on any atom is -0.480 e. The summed E-state index contributed by atoms with van der Waals surface area (Å²) in [6.45, 7) is 1.27. The van der Waals surface area contributed by atoms with Crippen molar-refractivity contribution in [1.29, 1.82) is 5.26 Å². The maximum Gasteiger partial charge on any atom is 0.326 e. The van der Waals surface area contributed by atoms with Crippen LogP contribution >= 0.6 is 0 Å². The summed E-state index contributed by atoms with van der Waals surface area (Å²) in [4.78, 5) is 21.7. The van der Waals surface area contributed by atoms with Crippen LogP contribution in [0.2, 0.25) is 0 Å². The number of carbonyl (C=O) groups is 2. The second-order valence-corrected chi connectivity index (χ2v) is 3.60. The number of carboxylic acids is 1. The molecule has 0 fully saturated rings. The molecule has 1 aromatic rings. The Hall–Kier alpha value is -2.35. The fraction of sp³-hybridized carbons (Fsp3) is 0.250. The molecule has 1 amide bonds. The molecule has 0 spiro atoms. The van der Waals surface area contributed by atoms with Crippen molar-refractivity contribution in [3.05, 3.63) is 35.4 Å². The van der Waals surface area contributed by atoms with Gasteiger partial charge in [0.05, 0.1) is 11.6 Å². The summed E-state index contributed by atoms with van der Waals surface area (Å²) >= 11 is 0. The number of nitrogens with one attached hydrogen (secondary N) is 1. The van der Waals surface area contributed by atoms with Crippen molar-refractivity contribution in [1.82, 2.24) is 5.32 Å². The first-order valence-corrected chi connectivity index (χ1v) is 5.02. The summed E-state index contributed by atoms with van der Waals surface area (Å²) in [5.74, 6) is -1.46. The highest BCUT2D eigenvalue weighted by Gasteiger charge is 2.18. The summed E-state index contributed by atoms with van der Waals surface area (Å²) < 4.78 is 0. The first kappa shape index (κ1) is 12.7. The predicted molar refractivity (Wildman–Crippen MR) is 60.1 cm³/mol. The van der Waals surface area contributed by atoms with Gasteiger partial charge in [0, 0.05) is 13.3 Å². The quantitative estimate of drug-likeness (QED) is 0.799. The van der Waals surface area contributed by atoms with Crippen LogP contribution in [0.25, 0.3) is 0 Å². The highest BCUT2D eigenvalue weighted by molar-refractivity contribution is 5.82.